The molecule has 10 aliphatic carbocycles. The molecule has 27 rings (SSSR count). The Morgan fingerprint density at radius 2 is 0.540 bits per heavy atom. The van der Waals surface area contributed by atoms with Crippen LogP contribution >= 0.6 is 0 Å². The number of rotatable bonds is 15. The van der Waals surface area contributed by atoms with Crippen molar-refractivity contribution in [1.29, 1.82) is 0 Å². The topological polar surface area (TPSA) is 6.48 Å². The highest BCUT2D eigenvalue weighted by Gasteiger charge is 2.53. The molecule has 0 heterocycles. The molecule has 0 saturated heterocycles. The highest BCUT2D eigenvalue weighted by Crippen LogP contribution is 2.64. The van der Waals surface area contributed by atoms with Gasteiger partial charge in [0.1, 0.15) is 0 Å². The molecule has 0 unspecified atom stereocenters. The van der Waals surface area contributed by atoms with Crippen molar-refractivity contribution in [3.8, 4) is 100 Å². The molecule has 8 saturated carbocycles. The second-order valence-electron chi connectivity index (χ2n) is 40.0. The van der Waals surface area contributed by atoms with Gasteiger partial charge in [0.15, 0.2) is 0 Å². The minimum absolute atomic E-state index is 0.170. The number of fused-ring (bicyclic) bond motifs is 9. The maximum Gasteiger partial charge on any atom is 0.0540 e. The van der Waals surface area contributed by atoms with E-state index in [1.54, 1.807) is 11.1 Å². The van der Waals surface area contributed by atoms with Gasteiger partial charge in [-0.2, -0.15) is 0 Å². The molecule has 0 aliphatic heterocycles. The number of hydrogen-bond acceptors (Lipinski definition) is 2. The monoisotopic (exact) mass is 1590 g/mol. The fourth-order valence-corrected chi connectivity index (χ4v) is 26.8. The van der Waals surface area contributed by atoms with Crippen LogP contribution in [0, 0.1) is 35.5 Å². The van der Waals surface area contributed by atoms with Crippen molar-refractivity contribution in [3.05, 3.63) is 397 Å². The van der Waals surface area contributed by atoms with E-state index >= 15 is 0 Å². The normalized spacial score (nSPS) is 21.7. The quantitative estimate of drug-likeness (QED) is 0.101. The summed E-state index contributed by atoms with van der Waals surface area (Å²) in [6.45, 7) is 9.70. The summed E-state index contributed by atoms with van der Waals surface area (Å²) < 4.78 is 0. The first-order chi connectivity index (χ1) is 60.7. The van der Waals surface area contributed by atoms with Gasteiger partial charge in [-0.05, 0) is 363 Å². The molecule has 2 nitrogen and oxygen atoms in total. The van der Waals surface area contributed by atoms with Gasteiger partial charge in [-0.3, -0.25) is 0 Å². The predicted octanol–water partition coefficient (Wildman–Crippen LogP) is 33.3. The Labute approximate surface area is 730 Å². The van der Waals surface area contributed by atoms with Crippen LogP contribution in [0.1, 0.15) is 138 Å². The SMILES string of the molecule is CC1(C)c2ccccc2-c2ccc(N(c3ccc(-c4ccc(C56CC7CC(CC(C7)C5)C6)cc4)cc3)c3ccc(-c4ccc5c(-c6ccc7c(c6)C(C)(C)c6cc(N(c8ccc(-c9ccc(C%10%11CC%12CC(CC(C%12)C%10)C%11)cc9)cc8)c8ccc(-c9cccc%10ccccc9%10)cc8-c8cccc9ccccc89)ccc6-7)cccc5c4)cc3-c3ccccc3)cc21. The van der Waals surface area contributed by atoms with Crippen molar-refractivity contribution >= 4 is 66.4 Å². The number of anilines is 6. The molecule has 17 aromatic carbocycles. The van der Waals surface area contributed by atoms with Crippen LogP contribution in [0.5, 0.6) is 0 Å². The molecule has 0 atom stereocenters. The number of nitrogens with zero attached hydrogens (tertiary/aromatic N) is 2. The van der Waals surface area contributed by atoms with Gasteiger partial charge in [-0.1, -0.05) is 307 Å². The third-order valence-corrected chi connectivity index (χ3v) is 32.0. The van der Waals surface area contributed by atoms with E-state index in [1.165, 1.54) is 232 Å². The van der Waals surface area contributed by atoms with Crippen molar-refractivity contribution < 1.29 is 0 Å². The molecule has 124 heavy (non-hydrogen) atoms. The lowest BCUT2D eigenvalue weighted by Crippen LogP contribution is -2.48. The van der Waals surface area contributed by atoms with Crippen LogP contribution < -0.4 is 9.80 Å². The van der Waals surface area contributed by atoms with Crippen molar-refractivity contribution in [2.75, 3.05) is 9.80 Å². The first-order valence-electron chi connectivity index (χ1n) is 46.1. The minimum atomic E-state index is -0.340. The van der Waals surface area contributed by atoms with E-state index in [2.05, 4.69) is 401 Å². The molecule has 600 valence electrons. The summed E-state index contributed by atoms with van der Waals surface area (Å²) in [5.41, 5.74) is 37.8. The molecule has 17 aromatic rings. The average Bonchev–Trinajstić information content (AvgIpc) is 1.56. The average molecular weight is 1600 g/mol. The largest absolute Gasteiger partial charge is 0.310 e. The van der Waals surface area contributed by atoms with Gasteiger partial charge in [0.25, 0.3) is 0 Å². The Balaban J connectivity index is 0.562. The van der Waals surface area contributed by atoms with Crippen LogP contribution in [-0.4, -0.2) is 0 Å². The van der Waals surface area contributed by atoms with E-state index in [1.807, 2.05) is 0 Å². The van der Waals surface area contributed by atoms with Gasteiger partial charge in [0.05, 0.1) is 11.4 Å². The summed E-state index contributed by atoms with van der Waals surface area (Å²) in [5.74, 6) is 5.52. The molecule has 0 aromatic heterocycles. The summed E-state index contributed by atoms with van der Waals surface area (Å²) in [6, 6.07) is 140. The van der Waals surface area contributed by atoms with Crippen molar-refractivity contribution in [3.63, 3.8) is 0 Å². The Morgan fingerprint density at radius 3 is 1.07 bits per heavy atom. The van der Waals surface area contributed by atoms with E-state index in [0.717, 1.165) is 69.6 Å². The molecular formula is C122H102N2. The van der Waals surface area contributed by atoms with E-state index in [9.17, 15) is 0 Å². The number of hydrogen-bond donors (Lipinski definition) is 0. The van der Waals surface area contributed by atoms with E-state index in [0.29, 0.717) is 10.8 Å². The van der Waals surface area contributed by atoms with Crippen LogP contribution in [0.4, 0.5) is 34.1 Å². The lowest BCUT2D eigenvalue weighted by molar-refractivity contribution is -0.00530. The fraction of sp³-hybridized carbons (Fsp3) is 0.213. The summed E-state index contributed by atoms with van der Waals surface area (Å²) in [5, 5.41) is 7.39. The zero-order valence-electron chi connectivity index (χ0n) is 71.5. The van der Waals surface area contributed by atoms with Crippen LogP contribution in [0.2, 0.25) is 0 Å². The predicted molar refractivity (Wildman–Crippen MR) is 521 cm³/mol. The van der Waals surface area contributed by atoms with Crippen molar-refractivity contribution in [2.45, 2.75) is 126 Å². The molecule has 0 amide bonds. The first kappa shape index (κ1) is 73.8. The van der Waals surface area contributed by atoms with E-state index in [4.69, 9.17) is 0 Å². The lowest BCUT2D eigenvalue weighted by Gasteiger charge is -2.57. The number of benzene rings is 17. The highest BCUT2D eigenvalue weighted by molar-refractivity contribution is 6.06. The third-order valence-electron chi connectivity index (χ3n) is 32.0. The Hall–Kier alpha value is -12.9. The summed E-state index contributed by atoms with van der Waals surface area (Å²) >= 11 is 0. The van der Waals surface area contributed by atoms with Crippen LogP contribution in [0.25, 0.3) is 132 Å². The second-order valence-corrected chi connectivity index (χ2v) is 40.0. The molecule has 0 radical (unpaired) electrons. The highest BCUT2D eigenvalue weighted by atomic mass is 15.2. The fourth-order valence-electron chi connectivity index (χ4n) is 26.8. The Morgan fingerprint density at radius 1 is 0.202 bits per heavy atom. The van der Waals surface area contributed by atoms with E-state index < -0.39 is 0 Å². The zero-order valence-corrected chi connectivity index (χ0v) is 71.5. The molecule has 10 aliphatic rings. The van der Waals surface area contributed by atoms with Crippen molar-refractivity contribution in [1.82, 2.24) is 0 Å². The maximum atomic E-state index is 2.55. The standard InChI is InChI=1S/C122H102N2/c1-119(2)113-30-13-12-26-107(113)109-55-51-99(69-115(109)119)123(97-47-35-85(36-48-97)83-31-43-95(44-32-83)121-71-77-59-78(72-121)61-79(60-77)73-121)117-57-41-91(66-111(117)89-17-6-5-7-18-89)90-39-53-105-92(65-90)23-16-28-104(105)94-40-54-108-110-56-52-100(70-116(110)120(3,4)114(108)68-94)124(98-49-37-86(38-50-98)84-33-45-96(46-34-84)122-74-80-62-81(75-122)64-82(63-80)76-122)118-58-42-93(103-27-14-21-87-19-8-10-24-101(87)103)67-112(118)106-29-15-22-88-20-9-11-25-102(88)106/h5-58,65-70,77-82H,59-64,71-76H2,1-4H3. The lowest BCUT2D eigenvalue weighted by atomic mass is 9.48. The Kier molecular flexibility index (Phi) is 16.9. The molecule has 0 spiro atoms. The van der Waals surface area contributed by atoms with E-state index in [-0.39, 0.29) is 10.8 Å². The van der Waals surface area contributed by atoms with Gasteiger partial charge < -0.3 is 9.80 Å². The maximum absolute atomic E-state index is 2.55. The summed E-state index contributed by atoms with van der Waals surface area (Å²) in [7, 11) is 0. The van der Waals surface area contributed by atoms with Gasteiger partial charge in [-0.15, -0.1) is 0 Å². The van der Waals surface area contributed by atoms with Crippen LogP contribution in [0.15, 0.2) is 364 Å². The minimum Gasteiger partial charge on any atom is -0.310 e. The Bertz CT molecular complexity index is 7080. The second kappa shape index (κ2) is 28.3. The molecule has 8 bridgehead atoms. The van der Waals surface area contributed by atoms with Crippen LogP contribution in [-0.2, 0) is 21.7 Å². The van der Waals surface area contributed by atoms with Gasteiger partial charge in [0, 0.05) is 44.7 Å². The molecule has 2 heteroatoms. The summed E-state index contributed by atoms with van der Waals surface area (Å²) in [6.07, 6.45) is 17.1. The zero-order chi connectivity index (χ0) is 82.3. The first-order valence-corrected chi connectivity index (χ1v) is 46.1. The van der Waals surface area contributed by atoms with Crippen LogP contribution in [0.3, 0.4) is 0 Å². The van der Waals surface area contributed by atoms with Gasteiger partial charge in [0.2, 0.25) is 0 Å². The summed E-state index contributed by atoms with van der Waals surface area (Å²) in [4.78, 5) is 5.08. The van der Waals surface area contributed by atoms with Crippen molar-refractivity contribution in [2.24, 2.45) is 35.5 Å². The van der Waals surface area contributed by atoms with Gasteiger partial charge in [-0.25, -0.2) is 0 Å². The smallest absolute Gasteiger partial charge is 0.0540 e. The molecule has 0 N–H and O–H groups in total. The molecule has 8 fully saturated rings. The third kappa shape index (κ3) is 12.0. The van der Waals surface area contributed by atoms with Gasteiger partial charge >= 0.3 is 0 Å². The molecular weight excluding hydrogens is 1490 g/mol.